The van der Waals surface area contributed by atoms with Gasteiger partial charge in [-0.05, 0) is 32.9 Å². The van der Waals surface area contributed by atoms with Gasteiger partial charge in [-0.15, -0.1) is 6.42 Å². The number of halogens is 1. The van der Waals surface area contributed by atoms with Gasteiger partial charge in [0.05, 0.1) is 16.8 Å². The van der Waals surface area contributed by atoms with Crippen LogP contribution in [0.2, 0.25) is 5.02 Å². The molecule has 0 aliphatic rings. The molecule has 1 aromatic rings. The van der Waals surface area contributed by atoms with Crippen molar-refractivity contribution in [1.29, 1.82) is 0 Å². The molecular weight excluding hydrogens is 282 g/mol. The number of carboxylic acids is 1. The number of benzene rings is 1. The highest BCUT2D eigenvalue weighted by atomic mass is 35.5. The standard InChI is InChI=1S/C14H14ClNO4/c1-5-8-6-9(15)7-10(12(17)18)11(8)16-13(19)20-14(2,3)4/h1,6-7H,2-4H3,(H,16,19)(H,17,18). The van der Waals surface area contributed by atoms with E-state index in [-0.39, 0.29) is 21.8 Å². The minimum Gasteiger partial charge on any atom is -0.478 e. The summed E-state index contributed by atoms with van der Waals surface area (Å²) < 4.78 is 5.06. The van der Waals surface area contributed by atoms with Crippen molar-refractivity contribution in [1.82, 2.24) is 0 Å². The monoisotopic (exact) mass is 295 g/mol. The fraction of sp³-hybridized carbons (Fsp3) is 0.286. The first-order chi connectivity index (χ1) is 9.14. The summed E-state index contributed by atoms with van der Waals surface area (Å²) in [5.41, 5.74) is -0.758. The minimum absolute atomic E-state index is 0.0151. The van der Waals surface area contributed by atoms with Crippen LogP contribution in [0.5, 0.6) is 0 Å². The molecule has 5 nitrogen and oxygen atoms in total. The Kier molecular flexibility index (Phi) is 4.64. The predicted octanol–water partition coefficient (Wildman–Crippen LogP) is 3.37. The number of carboxylic acid groups (broad SMARTS) is 1. The molecule has 0 heterocycles. The molecule has 0 aliphatic carbocycles. The average Bonchev–Trinajstić information content (AvgIpc) is 2.27. The van der Waals surface area contributed by atoms with Gasteiger partial charge in [0.25, 0.3) is 0 Å². The van der Waals surface area contributed by atoms with Gasteiger partial charge in [-0.3, -0.25) is 5.32 Å². The number of terminal acetylenes is 1. The van der Waals surface area contributed by atoms with E-state index in [2.05, 4.69) is 11.2 Å². The SMILES string of the molecule is C#Cc1cc(Cl)cc(C(=O)O)c1NC(=O)OC(C)(C)C. The first-order valence-electron chi connectivity index (χ1n) is 5.67. The number of carbonyl (C=O) groups is 2. The first kappa shape index (κ1) is 15.9. The predicted molar refractivity (Wildman–Crippen MR) is 76.2 cm³/mol. The van der Waals surface area contributed by atoms with E-state index < -0.39 is 17.7 Å². The Morgan fingerprint density at radius 1 is 1.40 bits per heavy atom. The van der Waals surface area contributed by atoms with Crippen LogP contribution in [0.15, 0.2) is 12.1 Å². The van der Waals surface area contributed by atoms with Crippen LogP contribution in [-0.2, 0) is 4.74 Å². The van der Waals surface area contributed by atoms with Crippen molar-refractivity contribution >= 4 is 29.4 Å². The number of aromatic carboxylic acids is 1. The highest BCUT2D eigenvalue weighted by molar-refractivity contribution is 6.31. The highest BCUT2D eigenvalue weighted by Gasteiger charge is 2.21. The van der Waals surface area contributed by atoms with E-state index in [4.69, 9.17) is 27.9 Å². The summed E-state index contributed by atoms with van der Waals surface area (Å²) in [7, 11) is 0. The molecule has 0 saturated heterocycles. The van der Waals surface area contributed by atoms with E-state index in [9.17, 15) is 9.59 Å². The van der Waals surface area contributed by atoms with Crippen LogP contribution >= 0.6 is 11.6 Å². The van der Waals surface area contributed by atoms with Gasteiger partial charge in [-0.2, -0.15) is 0 Å². The molecule has 0 radical (unpaired) electrons. The van der Waals surface area contributed by atoms with Crippen LogP contribution in [0.25, 0.3) is 0 Å². The lowest BCUT2D eigenvalue weighted by atomic mass is 10.1. The van der Waals surface area contributed by atoms with Gasteiger partial charge in [0, 0.05) is 5.02 Å². The summed E-state index contributed by atoms with van der Waals surface area (Å²) in [4.78, 5) is 22.9. The molecule has 0 fully saturated rings. The van der Waals surface area contributed by atoms with Gasteiger partial charge in [-0.1, -0.05) is 17.5 Å². The zero-order valence-electron chi connectivity index (χ0n) is 11.3. The fourth-order valence-electron chi connectivity index (χ4n) is 1.43. The van der Waals surface area contributed by atoms with Crippen molar-refractivity contribution in [3.05, 3.63) is 28.3 Å². The van der Waals surface area contributed by atoms with E-state index >= 15 is 0 Å². The van der Waals surface area contributed by atoms with E-state index in [1.807, 2.05) is 0 Å². The lowest BCUT2D eigenvalue weighted by molar-refractivity contribution is 0.0636. The van der Waals surface area contributed by atoms with Gasteiger partial charge in [0.1, 0.15) is 5.60 Å². The van der Waals surface area contributed by atoms with Gasteiger partial charge in [0.15, 0.2) is 0 Å². The Morgan fingerprint density at radius 2 is 2.00 bits per heavy atom. The maximum Gasteiger partial charge on any atom is 0.412 e. The van der Waals surface area contributed by atoms with E-state index in [0.29, 0.717) is 0 Å². The van der Waals surface area contributed by atoms with Gasteiger partial charge in [-0.25, -0.2) is 9.59 Å². The lowest BCUT2D eigenvalue weighted by Gasteiger charge is -2.20. The normalized spacial score (nSPS) is 10.6. The summed E-state index contributed by atoms with van der Waals surface area (Å²) >= 11 is 5.78. The molecule has 0 saturated carbocycles. The zero-order chi connectivity index (χ0) is 15.5. The number of nitrogens with one attached hydrogen (secondary N) is 1. The van der Waals surface area contributed by atoms with E-state index in [1.54, 1.807) is 20.8 Å². The second-order valence-electron chi connectivity index (χ2n) is 4.95. The van der Waals surface area contributed by atoms with E-state index in [1.165, 1.54) is 12.1 Å². The van der Waals surface area contributed by atoms with Crippen LogP contribution < -0.4 is 5.32 Å². The molecule has 1 aromatic carbocycles. The summed E-state index contributed by atoms with van der Waals surface area (Å²) in [6.45, 7) is 5.07. The molecule has 0 aliphatic heterocycles. The fourth-order valence-corrected chi connectivity index (χ4v) is 1.65. The third-order valence-corrected chi connectivity index (χ3v) is 2.33. The Bertz CT molecular complexity index is 596. The van der Waals surface area contributed by atoms with E-state index in [0.717, 1.165) is 0 Å². The Labute approximate surface area is 121 Å². The molecule has 1 amide bonds. The van der Waals surface area contributed by atoms with Crippen molar-refractivity contribution < 1.29 is 19.4 Å². The Balaban J connectivity index is 3.20. The van der Waals surface area contributed by atoms with Crippen molar-refractivity contribution in [3.8, 4) is 12.3 Å². The largest absolute Gasteiger partial charge is 0.478 e. The van der Waals surface area contributed by atoms with Crippen LogP contribution in [0, 0.1) is 12.3 Å². The van der Waals surface area contributed by atoms with Gasteiger partial charge in [0.2, 0.25) is 0 Å². The number of amides is 1. The third-order valence-electron chi connectivity index (χ3n) is 2.11. The number of hydrogen-bond acceptors (Lipinski definition) is 3. The van der Waals surface area contributed by atoms with Gasteiger partial charge >= 0.3 is 12.1 Å². The number of hydrogen-bond donors (Lipinski definition) is 2. The summed E-state index contributed by atoms with van der Waals surface area (Å²) in [5, 5.41) is 11.7. The van der Waals surface area contributed by atoms with Crippen molar-refractivity contribution in [2.24, 2.45) is 0 Å². The Hall–Kier alpha value is -2.19. The smallest absolute Gasteiger partial charge is 0.412 e. The molecule has 6 heteroatoms. The topological polar surface area (TPSA) is 75.6 Å². The van der Waals surface area contributed by atoms with Crippen molar-refractivity contribution in [2.45, 2.75) is 26.4 Å². The summed E-state index contributed by atoms with van der Waals surface area (Å²) in [6, 6.07) is 2.60. The van der Waals surface area contributed by atoms with Crippen LogP contribution in [-0.4, -0.2) is 22.8 Å². The molecule has 0 spiro atoms. The van der Waals surface area contributed by atoms with Crippen molar-refractivity contribution in [2.75, 3.05) is 5.32 Å². The second kappa shape index (κ2) is 5.85. The molecule has 0 aromatic heterocycles. The number of ether oxygens (including phenoxy) is 1. The number of anilines is 1. The third kappa shape index (κ3) is 4.18. The highest BCUT2D eigenvalue weighted by Crippen LogP contribution is 2.26. The molecule has 20 heavy (non-hydrogen) atoms. The molecule has 106 valence electrons. The number of rotatable bonds is 2. The summed E-state index contributed by atoms with van der Waals surface area (Å²) in [5.74, 6) is 1.03. The molecule has 2 N–H and O–H groups in total. The average molecular weight is 296 g/mol. The van der Waals surface area contributed by atoms with Crippen LogP contribution in [0.4, 0.5) is 10.5 Å². The summed E-state index contributed by atoms with van der Waals surface area (Å²) in [6.07, 6.45) is 4.51. The quantitative estimate of drug-likeness (QED) is 0.820. The van der Waals surface area contributed by atoms with Crippen molar-refractivity contribution in [3.63, 3.8) is 0 Å². The second-order valence-corrected chi connectivity index (χ2v) is 5.39. The first-order valence-corrected chi connectivity index (χ1v) is 6.05. The maximum atomic E-state index is 11.7. The van der Waals surface area contributed by atoms with Gasteiger partial charge < -0.3 is 9.84 Å². The minimum atomic E-state index is -1.25. The number of carbonyl (C=O) groups excluding carboxylic acids is 1. The lowest BCUT2D eigenvalue weighted by Crippen LogP contribution is -2.28. The molecule has 0 bridgehead atoms. The maximum absolute atomic E-state index is 11.7. The molecule has 0 unspecified atom stereocenters. The molecular formula is C14H14ClNO4. The Morgan fingerprint density at radius 3 is 2.45 bits per heavy atom. The van der Waals surface area contributed by atoms with Crippen LogP contribution in [0.1, 0.15) is 36.7 Å². The zero-order valence-corrected chi connectivity index (χ0v) is 12.0. The molecule has 1 rings (SSSR count). The van der Waals surface area contributed by atoms with Crippen LogP contribution in [0.3, 0.4) is 0 Å². The molecule has 0 atom stereocenters.